The third kappa shape index (κ3) is 3.81. The molecule has 1 aromatic heterocycles. The maximum atomic E-state index is 12.8. The number of carbonyl (C=O) groups is 1. The number of anilines is 1. The Morgan fingerprint density at radius 3 is 2.73 bits per heavy atom. The molecule has 1 aliphatic rings. The number of piperidine rings is 1. The van der Waals surface area contributed by atoms with E-state index < -0.39 is 18.0 Å². The fraction of sp³-hybridized carbons (Fsp3) is 0.471. The lowest BCUT2D eigenvalue weighted by Gasteiger charge is -2.31. The summed E-state index contributed by atoms with van der Waals surface area (Å²) in [5.41, 5.74) is 1.44. The van der Waals surface area contributed by atoms with Crippen molar-refractivity contribution in [3.05, 3.63) is 41.6 Å². The molecule has 3 rings (SSSR count). The van der Waals surface area contributed by atoms with Gasteiger partial charge in [0.25, 0.3) is 5.91 Å². The monoisotopic (exact) mass is 368 g/mol. The molecule has 1 aromatic carbocycles. The molecule has 1 amide bonds. The molecule has 2 heterocycles. The van der Waals surface area contributed by atoms with Gasteiger partial charge in [-0.2, -0.15) is 13.2 Å². The van der Waals surface area contributed by atoms with Crippen LogP contribution in [0.15, 0.2) is 28.7 Å². The van der Waals surface area contributed by atoms with Gasteiger partial charge in [0.05, 0.1) is 5.92 Å². The first-order valence-corrected chi connectivity index (χ1v) is 8.23. The highest BCUT2D eigenvalue weighted by atomic mass is 19.4. The van der Waals surface area contributed by atoms with Crippen LogP contribution in [0.3, 0.4) is 0 Å². The fourth-order valence-electron chi connectivity index (χ4n) is 2.98. The largest absolute Gasteiger partial charge is 0.470 e. The van der Waals surface area contributed by atoms with Crippen LogP contribution in [-0.4, -0.2) is 48.2 Å². The molecule has 0 aliphatic carbocycles. The average Bonchev–Trinajstić information content (AvgIpc) is 3.12. The zero-order valence-corrected chi connectivity index (χ0v) is 14.5. The van der Waals surface area contributed by atoms with Gasteiger partial charge in [-0.3, -0.25) is 4.79 Å². The normalized spacial score (nSPS) is 18.0. The molecule has 1 saturated heterocycles. The topological polar surface area (TPSA) is 62.5 Å². The molecule has 1 aliphatic heterocycles. The minimum Gasteiger partial charge on any atom is -0.417 e. The van der Waals surface area contributed by atoms with Gasteiger partial charge in [-0.05, 0) is 31.0 Å². The molecule has 0 saturated carbocycles. The molecule has 9 heteroatoms. The molecule has 0 bridgehead atoms. The molecular formula is C17H19F3N4O2. The molecule has 2 aromatic rings. The van der Waals surface area contributed by atoms with E-state index in [0.29, 0.717) is 24.9 Å². The first-order valence-electron chi connectivity index (χ1n) is 8.23. The van der Waals surface area contributed by atoms with Crippen molar-refractivity contribution in [3.8, 4) is 0 Å². The second-order valence-corrected chi connectivity index (χ2v) is 6.48. The van der Waals surface area contributed by atoms with E-state index in [1.165, 1.54) is 0 Å². The molecule has 1 atom stereocenters. The third-order valence-electron chi connectivity index (χ3n) is 4.35. The molecule has 0 spiro atoms. The van der Waals surface area contributed by atoms with Crippen LogP contribution in [-0.2, 0) is 6.18 Å². The van der Waals surface area contributed by atoms with E-state index in [1.807, 2.05) is 25.1 Å². The van der Waals surface area contributed by atoms with Crippen LogP contribution in [0, 0.1) is 0 Å². The Kier molecular flexibility index (Phi) is 4.88. The van der Waals surface area contributed by atoms with Gasteiger partial charge in [0.15, 0.2) is 0 Å². The molecule has 6 nitrogen and oxygen atoms in total. The third-order valence-corrected chi connectivity index (χ3v) is 4.35. The van der Waals surface area contributed by atoms with Crippen LogP contribution in [0.5, 0.6) is 0 Å². The van der Waals surface area contributed by atoms with Crippen LogP contribution in [0.2, 0.25) is 0 Å². The van der Waals surface area contributed by atoms with Gasteiger partial charge in [0.1, 0.15) is 0 Å². The molecule has 140 valence electrons. The van der Waals surface area contributed by atoms with Crippen LogP contribution in [0.1, 0.15) is 40.9 Å². The van der Waals surface area contributed by atoms with Gasteiger partial charge in [-0.1, -0.05) is 6.07 Å². The van der Waals surface area contributed by atoms with Crippen molar-refractivity contribution in [2.24, 2.45) is 0 Å². The molecule has 0 N–H and O–H groups in total. The Morgan fingerprint density at radius 2 is 2.08 bits per heavy atom. The Morgan fingerprint density at radius 1 is 1.31 bits per heavy atom. The van der Waals surface area contributed by atoms with Gasteiger partial charge in [0.2, 0.25) is 5.89 Å². The maximum absolute atomic E-state index is 12.8. The number of likely N-dealkylation sites (tertiary alicyclic amines) is 1. The minimum absolute atomic E-state index is 0.0723. The number of nitrogens with zero attached hydrogens (tertiary/aromatic N) is 4. The summed E-state index contributed by atoms with van der Waals surface area (Å²) in [7, 11) is 3.77. The van der Waals surface area contributed by atoms with Crippen molar-refractivity contribution in [1.29, 1.82) is 0 Å². The molecule has 0 radical (unpaired) electrons. The fourth-order valence-corrected chi connectivity index (χ4v) is 2.98. The number of rotatable bonds is 3. The number of hydrogen-bond donors (Lipinski definition) is 0. The van der Waals surface area contributed by atoms with Crippen LogP contribution in [0.4, 0.5) is 18.9 Å². The highest BCUT2D eigenvalue weighted by Gasteiger charge is 2.39. The van der Waals surface area contributed by atoms with E-state index in [1.54, 1.807) is 23.1 Å². The first kappa shape index (κ1) is 18.2. The second-order valence-electron chi connectivity index (χ2n) is 6.48. The molecule has 0 unspecified atom stereocenters. The summed E-state index contributed by atoms with van der Waals surface area (Å²) in [6, 6.07) is 7.22. The van der Waals surface area contributed by atoms with Crippen molar-refractivity contribution in [2.45, 2.75) is 24.9 Å². The van der Waals surface area contributed by atoms with E-state index in [0.717, 1.165) is 5.69 Å². The lowest BCUT2D eigenvalue weighted by atomic mass is 9.97. The van der Waals surface area contributed by atoms with Gasteiger partial charge in [-0.15, -0.1) is 10.2 Å². The lowest BCUT2D eigenvalue weighted by molar-refractivity contribution is -0.157. The second kappa shape index (κ2) is 6.97. The average molecular weight is 368 g/mol. The maximum Gasteiger partial charge on any atom is 0.470 e. The smallest absolute Gasteiger partial charge is 0.417 e. The van der Waals surface area contributed by atoms with E-state index >= 15 is 0 Å². The first-order chi connectivity index (χ1) is 12.3. The summed E-state index contributed by atoms with van der Waals surface area (Å²) in [5.74, 6) is -1.98. The molecule has 26 heavy (non-hydrogen) atoms. The number of amides is 1. The van der Waals surface area contributed by atoms with Crippen LogP contribution in [0.25, 0.3) is 0 Å². The van der Waals surface area contributed by atoms with Crippen molar-refractivity contribution in [1.82, 2.24) is 15.1 Å². The standard InChI is InChI=1S/C17H19F3N4O2/c1-23(2)13-7-3-5-11(9-13)15(25)24-8-4-6-12(10-24)14-21-22-16(26-14)17(18,19)20/h3,5,7,9,12H,4,6,8,10H2,1-2H3/t12-/m1/s1. The summed E-state index contributed by atoms with van der Waals surface area (Å²) in [6.07, 6.45) is -3.41. The van der Waals surface area contributed by atoms with Crippen LogP contribution < -0.4 is 4.90 Å². The predicted molar refractivity (Wildman–Crippen MR) is 87.9 cm³/mol. The Labute approximate surface area is 148 Å². The Bertz CT molecular complexity index is 788. The van der Waals surface area contributed by atoms with Crippen molar-refractivity contribution < 1.29 is 22.4 Å². The lowest BCUT2D eigenvalue weighted by Crippen LogP contribution is -2.39. The number of carbonyl (C=O) groups excluding carboxylic acids is 1. The highest BCUT2D eigenvalue weighted by Crippen LogP contribution is 2.32. The summed E-state index contributed by atoms with van der Waals surface area (Å²) >= 11 is 0. The summed E-state index contributed by atoms with van der Waals surface area (Å²) in [5, 5.41) is 6.60. The van der Waals surface area contributed by atoms with Gasteiger partial charge < -0.3 is 14.2 Å². The van der Waals surface area contributed by atoms with Crippen molar-refractivity contribution >= 4 is 11.6 Å². The van der Waals surface area contributed by atoms with Gasteiger partial charge in [-0.25, -0.2) is 0 Å². The Balaban J connectivity index is 1.75. The number of halogens is 3. The van der Waals surface area contributed by atoms with Crippen molar-refractivity contribution in [3.63, 3.8) is 0 Å². The van der Waals surface area contributed by atoms with E-state index in [-0.39, 0.29) is 18.3 Å². The number of alkyl halides is 3. The number of aromatic nitrogens is 2. The van der Waals surface area contributed by atoms with E-state index in [2.05, 4.69) is 10.2 Å². The zero-order valence-electron chi connectivity index (χ0n) is 14.5. The summed E-state index contributed by atoms with van der Waals surface area (Å²) in [4.78, 5) is 16.3. The molecule has 1 fully saturated rings. The van der Waals surface area contributed by atoms with Crippen molar-refractivity contribution in [2.75, 3.05) is 32.1 Å². The predicted octanol–water partition coefficient (Wildman–Crippen LogP) is 3.17. The van der Waals surface area contributed by atoms with E-state index in [9.17, 15) is 18.0 Å². The Hall–Kier alpha value is -2.58. The summed E-state index contributed by atoms with van der Waals surface area (Å²) < 4.78 is 42.7. The highest BCUT2D eigenvalue weighted by molar-refractivity contribution is 5.95. The van der Waals surface area contributed by atoms with Crippen LogP contribution >= 0.6 is 0 Å². The number of hydrogen-bond acceptors (Lipinski definition) is 5. The van der Waals surface area contributed by atoms with E-state index in [4.69, 9.17) is 4.42 Å². The SMILES string of the molecule is CN(C)c1cccc(C(=O)N2CCC[C@@H](c3nnc(C(F)(F)F)o3)C2)c1. The number of benzene rings is 1. The quantitative estimate of drug-likeness (QED) is 0.833. The minimum atomic E-state index is -4.66. The summed E-state index contributed by atoms with van der Waals surface area (Å²) in [6.45, 7) is 0.798. The molecular weight excluding hydrogens is 349 g/mol. The zero-order chi connectivity index (χ0) is 18.9. The van der Waals surface area contributed by atoms with Gasteiger partial charge >= 0.3 is 12.1 Å². The van der Waals surface area contributed by atoms with Gasteiger partial charge in [0, 0.05) is 38.4 Å².